The average Bonchev–Trinajstić information content (AvgIpc) is 2.60. The van der Waals surface area contributed by atoms with Gasteiger partial charge in [0.2, 0.25) is 0 Å². The van der Waals surface area contributed by atoms with Crippen LogP contribution in [0.5, 0.6) is 0 Å². The van der Waals surface area contributed by atoms with Crippen LogP contribution in [0.4, 0.5) is 0 Å². The largest absolute Gasteiger partial charge is 0.467 e. The minimum atomic E-state index is -1.85. The zero-order valence-electron chi connectivity index (χ0n) is 13.2. The highest BCUT2D eigenvalue weighted by molar-refractivity contribution is 5.75. The molecule has 0 unspecified atom stereocenters. The highest BCUT2D eigenvalue weighted by Crippen LogP contribution is 2.28. The third-order valence-corrected chi connectivity index (χ3v) is 4.13. The summed E-state index contributed by atoms with van der Waals surface area (Å²) in [6.07, 6.45) is -17.1. The molecule has 12 nitrogen and oxygen atoms in total. The van der Waals surface area contributed by atoms with Gasteiger partial charge in [0.1, 0.15) is 42.7 Å². The molecule has 2 aliphatic rings. The van der Waals surface area contributed by atoms with Crippen LogP contribution < -0.4 is 0 Å². The molecule has 0 bridgehead atoms. The molecule has 2 saturated heterocycles. The molecule has 0 spiro atoms. The summed E-state index contributed by atoms with van der Waals surface area (Å²) in [4.78, 5) is 11.6. The summed E-state index contributed by atoms with van der Waals surface area (Å²) in [5.74, 6) is -1.05. The van der Waals surface area contributed by atoms with Crippen molar-refractivity contribution in [1.29, 1.82) is 0 Å². The Balaban J connectivity index is 2.17. The van der Waals surface area contributed by atoms with E-state index in [0.717, 1.165) is 7.11 Å². The molecule has 0 aromatic rings. The van der Waals surface area contributed by atoms with Gasteiger partial charge in [-0.2, -0.15) is 0 Å². The van der Waals surface area contributed by atoms with Crippen LogP contribution >= 0.6 is 0 Å². The first-order valence-electron chi connectivity index (χ1n) is 7.46. The molecular formula is C13H22O12. The summed E-state index contributed by atoms with van der Waals surface area (Å²) in [6, 6.07) is 0. The second kappa shape index (κ2) is 8.18. The molecule has 25 heavy (non-hydrogen) atoms. The summed E-state index contributed by atoms with van der Waals surface area (Å²) < 4.78 is 19.5. The fraction of sp³-hybridized carbons (Fsp3) is 0.923. The zero-order valence-corrected chi connectivity index (χ0v) is 13.2. The highest BCUT2D eigenvalue weighted by atomic mass is 16.7. The van der Waals surface area contributed by atoms with Gasteiger partial charge in [-0.1, -0.05) is 0 Å². The van der Waals surface area contributed by atoms with Crippen LogP contribution in [0.15, 0.2) is 0 Å². The monoisotopic (exact) mass is 370 g/mol. The molecule has 10 atom stereocenters. The zero-order chi connectivity index (χ0) is 18.9. The molecule has 2 aliphatic heterocycles. The van der Waals surface area contributed by atoms with E-state index in [1.807, 2.05) is 0 Å². The molecule has 0 aliphatic carbocycles. The molecule has 0 amide bonds. The van der Waals surface area contributed by atoms with E-state index in [1.54, 1.807) is 0 Å². The Kier molecular flexibility index (Phi) is 6.67. The number of ether oxygens (including phenoxy) is 4. The van der Waals surface area contributed by atoms with E-state index in [1.165, 1.54) is 0 Å². The van der Waals surface area contributed by atoms with Gasteiger partial charge in [-0.05, 0) is 0 Å². The van der Waals surface area contributed by atoms with Gasteiger partial charge in [-0.25, -0.2) is 4.79 Å². The number of aliphatic hydroxyl groups excluding tert-OH is 7. The number of aliphatic hydroxyl groups is 7. The molecule has 2 rings (SSSR count). The Morgan fingerprint density at radius 2 is 1.56 bits per heavy atom. The van der Waals surface area contributed by atoms with Crippen molar-refractivity contribution in [3.8, 4) is 0 Å². The van der Waals surface area contributed by atoms with Crippen molar-refractivity contribution in [2.24, 2.45) is 0 Å². The molecule has 0 aromatic carbocycles. The van der Waals surface area contributed by atoms with Crippen LogP contribution in [0.3, 0.4) is 0 Å². The lowest BCUT2D eigenvalue weighted by Crippen LogP contribution is -2.65. The van der Waals surface area contributed by atoms with Gasteiger partial charge in [0.25, 0.3) is 0 Å². The maximum Gasteiger partial charge on any atom is 0.337 e. The normalized spacial score (nSPS) is 48.2. The number of carbonyl (C=O) groups excluding carboxylic acids is 1. The minimum Gasteiger partial charge on any atom is -0.467 e. The molecule has 2 heterocycles. The second-order valence-corrected chi connectivity index (χ2v) is 5.75. The van der Waals surface area contributed by atoms with Crippen LogP contribution in [0.25, 0.3) is 0 Å². The second-order valence-electron chi connectivity index (χ2n) is 5.75. The van der Waals surface area contributed by atoms with Gasteiger partial charge in [-0.15, -0.1) is 0 Å². The number of carbonyl (C=O) groups is 1. The van der Waals surface area contributed by atoms with Gasteiger partial charge in [0.05, 0.1) is 13.7 Å². The summed E-state index contributed by atoms with van der Waals surface area (Å²) in [6.45, 7) is -0.703. The predicted octanol–water partition coefficient (Wildman–Crippen LogP) is -5.22. The molecule has 0 aromatic heterocycles. The topological polar surface area (TPSA) is 196 Å². The van der Waals surface area contributed by atoms with Gasteiger partial charge < -0.3 is 54.7 Å². The van der Waals surface area contributed by atoms with Crippen LogP contribution in [0.2, 0.25) is 0 Å². The fourth-order valence-corrected chi connectivity index (χ4v) is 2.65. The Hall–Kier alpha value is -0.930. The molecule has 2 fully saturated rings. The minimum absolute atomic E-state index is 0.703. The first-order valence-corrected chi connectivity index (χ1v) is 7.46. The van der Waals surface area contributed by atoms with Gasteiger partial charge in [0.15, 0.2) is 18.7 Å². The maximum atomic E-state index is 11.6. The standard InChI is InChI=1S/C13H22O12/c1-22-12(21)10-6(17)5(16)7(18)13(25-10)24-9-4(15)3(2-14)23-11(20)8(9)19/h3-11,13-20H,2H2,1H3/t3-,4+,5-,6+,7-,8-,9+,10+,11-,13+/m0/s1. The lowest BCUT2D eigenvalue weighted by molar-refractivity contribution is -0.351. The molecule has 0 saturated carbocycles. The predicted molar refractivity (Wildman–Crippen MR) is 73.5 cm³/mol. The number of esters is 1. The summed E-state index contributed by atoms with van der Waals surface area (Å²) in [5, 5.41) is 68.2. The van der Waals surface area contributed by atoms with E-state index < -0.39 is 74.0 Å². The molecular weight excluding hydrogens is 348 g/mol. The average molecular weight is 370 g/mol. The first-order chi connectivity index (χ1) is 11.7. The van der Waals surface area contributed by atoms with Crippen molar-refractivity contribution in [3.05, 3.63) is 0 Å². The third-order valence-electron chi connectivity index (χ3n) is 4.13. The number of rotatable bonds is 4. The van der Waals surface area contributed by atoms with Crippen molar-refractivity contribution in [3.63, 3.8) is 0 Å². The van der Waals surface area contributed by atoms with E-state index in [9.17, 15) is 35.4 Å². The van der Waals surface area contributed by atoms with E-state index in [-0.39, 0.29) is 0 Å². The summed E-state index contributed by atoms with van der Waals surface area (Å²) >= 11 is 0. The van der Waals surface area contributed by atoms with Crippen LogP contribution in [-0.2, 0) is 23.7 Å². The van der Waals surface area contributed by atoms with Crippen LogP contribution in [0, 0.1) is 0 Å². The quantitative estimate of drug-likeness (QED) is 0.233. The summed E-state index contributed by atoms with van der Waals surface area (Å²) in [7, 11) is 1.01. The fourth-order valence-electron chi connectivity index (χ4n) is 2.65. The third kappa shape index (κ3) is 3.93. The lowest BCUT2D eigenvalue weighted by Gasteiger charge is -2.44. The van der Waals surface area contributed by atoms with E-state index >= 15 is 0 Å². The van der Waals surface area contributed by atoms with Crippen molar-refractivity contribution in [2.45, 2.75) is 61.4 Å². The van der Waals surface area contributed by atoms with E-state index in [4.69, 9.17) is 19.3 Å². The van der Waals surface area contributed by atoms with Crippen LogP contribution in [0.1, 0.15) is 0 Å². The lowest BCUT2D eigenvalue weighted by atomic mass is 9.97. The molecule has 7 N–H and O–H groups in total. The van der Waals surface area contributed by atoms with E-state index in [0.29, 0.717) is 0 Å². The maximum absolute atomic E-state index is 11.6. The SMILES string of the molecule is COC(=O)[C@@H]1O[C@@H](O[C@@H]2[C@H](O)[C@H](CO)O[C@H](O)[C@H]2O)[C@@H](O)[C@@H](O)[C@H]1O. The van der Waals surface area contributed by atoms with Crippen molar-refractivity contribution >= 4 is 5.97 Å². The molecule has 0 radical (unpaired) electrons. The van der Waals surface area contributed by atoms with Crippen molar-refractivity contribution in [2.75, 3.05) is 13.7 Å². The van der Waals surface area contributed by atoms with E-state index in [2.05, 4.69) is 4.74 Å². The first kappa shape index (κ1) is 20.4. The highest BCUT2D eigenvalue weighted by Gasteiger charge is 2.52. The summed E-state index contributed by atoms with van der Waals surface area (Å²) in [5.41, 5.74) is 0. The van der Waals surface area contributed by atoms with Crippen molar-refractivity contribution in [1.82, 2.24) is 0 Å². The van der Waals surface area contributed by atoms with Gasteiger partial charge in [0, 0.05) is 0 Å². The Labute approximate surface area is 141 Å². The van der Waals surface area contributed by atoms with Gasteiger partial charge in [-0.3, -0.25) is 0 Å². The number of hydrogen-bond acceptors (Lipinski definition) is 12. The Morgan fingerprint density at radius 3 is 2.12 bits per heavy atom. The van der Waals surface area contributed by atoms with Crippen molar-refractivity contribution < 1.29 is 59.5 Å². The molecule has 12 heteroatoms. The Bertz CT molecular complexity index is 460. The Morgan fingerprint density at radius 1 is 0.920 bits per heavy atom. The smallest absolute Gasteiger partial charge is 0.337 e. The number of hydrogen-bond donors (Lipinski definition) is 7. The molecule has 146 valence electrons. The number of methoxy groups -OCH3 is 1. The van der Waals surface area contributed by atoms with Crippen LogP contribution in [-0.4, -0.2) is 117 Å². The van der Waals surface area contributed by atoms with Gasteiger partial charge >= 0.3 is 5.97 Å².